The number of halogens is 1. The molecule has 0 aliphatic carbocycles. The van der Waals surface area contributed by atoms with E-state index in [4.69, 9.17) is 11.6 Å². The van der Waals surface area contributed by atoms with Crippen molar-refractivity contribution in [1.82, 2.24) is 9.47 Å². The Kier molecular flexibility index (Phi) is 6.81. The normalized spacial score (nSPS) is 12.2. The van der Waals surface area contributed by atoms with Gasteiger partial charge in [0.25, 0.3) is 5.91 Å². The van der Waals surface area contributed by atoms with E-state index in [0.29, 0.717) is 23.0 Å². The highest BCUT2D eigenvalue weighted by atomic mass is 35.5. The highest BCUT2D eigenvalue weighted by Gasteiger charge is 2.26. The molecule has 0 spiro atoms. The van der Waals surface area contributed by atoms with Gasteiger partial charge in [0.15, 0.2) is 0 Å². The van der Waals surface area contributed by atoms with Crippen molar-refractivity contribution in [3.8, 4) is 0 Å². The lowest BCUT2D eigenvalue weighted by Gasteiger charge is -2.32. The van der Waals surface area contributed by atoms with E-state index >= 15 is 0 Å². The molecule has 1 unspecified atom stereocenters. The molecule has 0 radical (unpaired) electrons. The molecule has 1 amide bonds. The van der Waals surface area contributed by atoms with Gasteiger partial charge in [0.2, 0.25) is 0 Å². The molecule has 0 aliphatic rings. The minimum Gasteiger partial charge on any atom is -0.345 e. The summed E-state index contributed by atoms with van der Waals surface area (Å²) in [5, 5.41) is 0.494. The number of carbonyl (C=O) groups is 1. The Balaban J connectivity index is 1.88. The van der Waals surface area contributed by atoms with Gasteiger partial charge in [0, 0.05) is 24.5 Å². The second-order valence-corrected chi connectivity index (χ2v) is 8.42. The lowest BCUT2D eigenvalue weighted by atomic mass is 10.0. The molecule has 0 N–H and O–H groups in total. The summed E-state index contributed by atoms with van der Waals surface area (Å²) in [6.07, 6.45) is 2.08. The van der Waals surface area contributed by atoms with Crippen molar-refractivity contribution in [2.45, 2.75) is 46.8 Å². The van der Waals surface area contributed by atoms with Gasteiger partial charge in [-0.1, -0.05) is 67.4 Å². The fourth-order valence-corrected chi connectivity index (χ4v) is 3.70. The summed E-state index contributed by atoms with van der Waals surface area (Å²) in [7, 11) is 0. The summed E-state index contributed by atoms with van der Waals surface area (Å²) in [5.41, 5.74) is 4.17. The first kappa shape index (κ1) is 21.2. The SMILES string of the molecule is Cc1cccc(Cn2cccc2CN(C(=O)c2ccccc2Cl)C(C)C(C)C)c1. The molecule has 1 heterocycles. The first-order valence-electron chi connectivity index (χ1n) is 10.1. The van der Waals surface area contributed by atoms with Crippen LogP contribution in [-0.2, 0) is 13.1 Å². The topological polar surface area (TPSA) is 25.2 Å². The van der Waals surface area contributed by atoms with E-state index in [2.05, 4.69) is 68.8 Å². The number of carbonyl (C=O) groups excluding carboxylic acids is 1. The monoisotopic (exact) mass is 408 g/mol. The van der Waals surface area contributed by atoms with Gasteiger partial charge in [-0.3, -0.25) is 4.79 Å². The number of benzene rings is 2. The number of hydrogen-bond acceptors (Lipinski definition) is 1. The van der Waals surface area contributed by atoms with Crippen molar-refractivity contribution in [1.29, 1.82) is 0 Å². The highest BCUT2D eigenvalue weighted by Crippen LogP contribution is 2.23. The molecule has 1 aromatic heterocycles. The van der Waals surface area contributed by atoms with E-state index < -0.39 is 0 Å². The second-order valence-electron chi connectivity index (χ2n) is 8.01. The first-order chi connectivity index (χ1) is 13.9. The van der Waals surface area contributed by atoms with Crippen LogP contribution in [0.5, 0.6) is 0 Å². The number of aromatic nitrogens is 1. The summed E-state index contributed by atoms with van der Waals surface area (Å²) in [6, 6.07) is 20.0. The van der Waals surface area contributed by atoms with Crippen LogP contribution < -0.4 is 0 Å². The van der Waals surface area contributed by atoms with Crippen molar-refractivity contribution in [2.24, 2.45) is 5.92 Å². The number of aryl methyl sites for hydroxylation is 1. The Morgan fingerprint density at radius 2 is 1.79 bits per heavy atom. The molecule has 3 rings (SSSR count). The van der Waals surface area contributed by atoms with E-state index in [9.17, 15) is 4.79 Å². The number of amides is 1. The third kappa shape index (κ3) is 5.10. The second kappa shape index (κ2) is 9.32. The van der Waals surface area contributed by atoms with Gasteiger partial charge in [0.1, 0.15) is 0 Å². The van der Waals surface area contributed by atoms with Gasteiger partial charge in [-0.25, -0.2) is 0 Å². The summed E-state index contributed by atoms with van der Waals surface area (Å²) < 4.78 is 2.22. The third-order valence-corrected chi connectivity index (χ3v) is 5.84. The predicted octanol–water partition coefficient (Wildman–Crippen LogP) is 6.19. The van der Waals surface area contributed by atoms with Crippen molar-refractivity contribution in [3.05, 3.63) is 94.3 Å². The van der Waals surface area contributed by atoms with Crippen molar-refractivity contribution >= 4 is 17.5 Å². The molecule has 0 bridgehead atoms. The molecular formula is C25H29ClN2O. The highest BCUT2D eigenvalue weighted by molar-refractivity contribution is 6.33. The zero-order chi connectivity index (χ0) is 21.0. The minimum absolute atomic E-state index is 0.0277. The summed E-state index contributed by atoms with van der Waals surface area (Å²) in [6.45, 7) is 9.82. The molecule has 4 heteroatoms. The number of nitrogens with zero attached hydrogens (tertiary/aromatic N) is 2. The largest absolute Gasteiger partial charge is 0.345 e. The fourth-order valence-electron chi connectivity index (χ4n) is 3.48. The molecule has 152 valence electrons. The van der Waals surface area contributed by atoms with E-state index in [1.165, 1.54) is 11.1 Å². The van der Waals surface area contributed by atoms with Crippen LogP contribution in [0.25, 0.3) is 0 Å². The van der Waals surface area contributed by atoms with Gasteiger partial charge in [0.05, 0.1) is 17.1 Å². The van der Waals surface area contributed by atoms with Crippen LogP contribution in [0.15, 0.2) is 66.9 Å². The maximum absolute atomic E-state index is 13.4. The number of rotatable bonds is 7. The Bertz CT molecular complexity index is 976. The summed E-state index contributed by atoms with van der Waals surface area (Å²) >= 11 is 6.33. The minimum atomic E-state index is -0.0277. The maximum atomic E-state index is 13.4. The predicted molar refractivity (Wildman–Crippen MR) is 120 cm³/mol. The molecule has 0 aliphatic heterocycles. The van der Waals surface area contributed by atoms with E-state index in [1.807, 2.05) is 23.1 Å². The van der Waals surface area contributed by atoms with Gasteiger partial charge >= 0.3 is 0 Å². The van der Waals surface area contributed by atoms with Gasteiger partial charge in [-0.15, -0.1) is 0 Å². The quantitative estimate of drug-likeness (QED) is 0.457. The smallest absolute Gasteiger partial charge is 0.255 e. The van der Waals surface area contributed by atoms with Crippen LogP contribution >= 0.6 is 11.6 Å². The lowest BCUT2D eigenvalue weighted by Crippen LogP contribution is -2.41. The number of hydrogen-bond donors (Lipinski definition) is 0. The fraction of sp³-hybridized carbons (Fsp3) is 0.320. The zero-order valence-corrected chi connectivity index (χ0v) is 18.4. The van der Waals surface area contributed by atoms with Gasteiger partial charge in [-0.05, 0) is 49.6 Å². The van der Waals surface area contributed by atoms with Crippen LogP contribution in [0, 0.1) is 12.8 Å². The third-order valence-electron chi connectivity index (χ3n) is 5.51. The molecule has 3 aromatic rings. The van der Waals surface area contributed by atoms with Crippen LogP contribution in [0.2, 0.25) is 5.02 Å². The van der Waals surface area contributed by atoms with Crippen molar-refractivity contribution < 1.29 is 4.79 Å². The van der Waals surface area contributed by atoms with Gasteiger partial charge in [-0.2, -0.15) is 0 Å². The molecule has 1 atom stereocenters. The molecule has 0 saturated heterocycles. The van der Waals surface area contributed by atoms with Gasteiger partial charge < -0.3 is 9.47 Å². The maximum Gasteiger partial charge on any atom is 0.255 e. The van der Waals surface area contributed by atoms with E-state index in [0.717, 1.165) is 12.2 Å². The molecule has 0 saturated carbocycles. The Labute approximate surface area is 178 Å². The standard InChI is InChI=1S/C25H29ClN2O/c1-18(2)20(4)28(25(29)23-12-5-6-13-24(23)26)17-22-11-8-14-27(22)16-21-10-7-9-19(3)15-21/h5-15,18,20H,16-17H2,1-4H3. The van der Waals surface area contributed by atoms with Crippen LogP contribution in [-0.4, -0.2) is 21.4 Å². The molecule has 3 nitrogen and oxygen atoms in total. The summed E-state index contributed by atoms with van der Waals surface area (Å²) in [4.78, 5) is 15.3. The molecule has 2 aromatic carbocycles. The first-order valence-corrected chi connectivity index (χ1v) is 10.5. The average Bonchev–Trinajstić information content (AvgIpc) is 3.12. The summed E-state index contributed by atoms with van der Waals surface area (Å²) in [5.74, 6) is 0.307. The average molecular weight is 409 g/mol. The van der Waals surface area contributed by atoms with E-state index in [1.54, 1.807) is 12.1 Å². The molecular weight excluding hydrogens is 380 g/mol. The lowest BCUT2D eigenvalue weighted by molar-refractivity contribution is 0.0623. The van der Waals surface area contributed by atoms with Crippen LogP contribution in [0.4, 0.5) is 0 Å². The zero-order valence-electron chi connectivity index (χ0n) is 17.6. The van der Waals surface area contributed by atoms with Crippen LogP contribution in [0.3, 0.4) is 0 Å². The van der Waals surface area contributed by atoms with Crippen molar-refractivity contribution in [2.75, 3.05) is 0 Å². The van der Waals surface area contributed by atoms with Crippen molar-refractivity contribution in [3.63, 3.8) is 0 Å². The molecule has 29 heavy (non-hydrogen) atoms. The van der Waals surface area contributed by atoms with Crippen LogP contribution in [0.1, 0.15) is 48.0 Å². The Morgan fingerprint density at radius 3 is 2.48 bits per heavy atom. The van der Waals surface area contributed by atoms with E-state index in [-0.39, 0.29) is 11.9 Å². The molecule has 0 fully saturated rings. The Morgan fingerprint density at radius 1 is 1.03 bits per heavy atom. The Hall–Kier alpha value is -2.52.